The molecule has 4 heteroatoms. The van der Waals surface area contributed by atoms with Gasteiger partial charge in [-0.3, -0.25) is 4.79 Å². The van der Waals surface area contributed by atoms with Crippen LogP contribution in [-0.2, 0) is 4.79 Å². The van der Waals surface area contributed by atoms with Gasteiger partial charge in [0.2, 0.25) is 5.91 Å². The summed E-state index contributed by atoms with van der Waals surface area (Å²) in [4.78, 5) is 11.4. The molecular formula is C9H20N2OS. The molecule has 13 heavy (non-hydrogen) atoms. The first-order valence-electron chi connectivity index (χ1n) is 4.69. The van der Waals surface area contributed by atoms with Gasteiger partial charge in [0.25, 0.3) is 0 Å². The van der Waals surface area contributed by atoms with Gasteiger partial charge < -0.3 is 10.6 Å². The predicted molar refractivity (Wildman–Crippen MR) is 59.1 cm³/mol. The third-order valence-corrected chi connectivity index (χ3v) is 2.37. The van der Waals surface area contributed by atoms with E-state index in [1.165, 1.54) is 0 Å². The molecule has 0 aromatic rings. The van der Waals surface area contributed by atoms with Crippen molar-refractivity contribution in [2.75, 3.05) is 31.6 Å². The lowest BCUT2D eigenvalue weighted by Crippen LogP contribution is -2.36. The zero-order valence-electron chi connectivity index (χ0n) is 8.72. The smallest absolute Gasteiger partial charge is 0.224 e. The second-order valence-electron chi connectivity index (χ2n) is 2.99. The summed E-state index contributed by atoms with van der Waals surface area (Å²) in [5.74, 6) is 1.21. The van der Waals surface area contributed by atoms with Gasteiger partial charge in [0.1, 0.15) is 0 Å². The van der Waals surface area contributed by atoms with Crippen LogP contribution in [0.25, 0.3) is 0 Å². The van der Waals surface area contributed by atoms with Crippen molar-refractivity contribution >= 4 is 17.7 Å². The maximum atomic E-state index is 11.4. The molecule has 0 fully saturated rings. The molecule has 0 heterocycles. The Hall–Kier alpha value is -0.220. The van der Waals surface area contributed by atoms with Gasteiger partial charge in [0, 0.05) is 24.8 Å². The quantitative estimate of drug-likeness (QED) is 0.600. The van der Waals surface area contributed by atoms with Crippen molar-refractivity contribution in [1.82, 2.24) is 10.6 Å². The molecule has 0 spiro atoms. The highest BCUT2D eigenvalue weighted by Gasteiger charge is 2.10. The van der Waals surface area contributed by atoms with Crippen molar-refractivity contribution in [3.8, 4) is 0 Å². The molecule has 2 N–H and O–H groups in total. The summed E-state index contributed by atoms with van der Waals surface area (Å²) in [6.07, 6.45) is 2.04. The third kappa shape index (κ3) is 6.90. The molecule has 1 amide bonds. The molecule has 0 aromatic carbocycles. The second-order valence-corrected chi connectivity index (χ2v) is 3.98. The van der Waals surface area contributed by atoms with Crippen LogP contribution in [0.1, 0.15) is 13.8 Å². The molecular weight excluding hydrogens is 184 g/mol. The lowest BCUT2D eigenvalue weighted by molar-refractivity contribution is -0.124. The standard InChI is InChI=1S/C9H20N2OS/c1-4-10-7-8(2)9(12)11-5-6-13-3/h8,10H,4-7H2,1-3H3,(H,11,12). The minimum atomic E-state index is 0.0711. The van der Waals surface area contributed by atoms with Crippen molar-refractivity contribution in [2.45, 2.75) is 13.8 Å². The van der Waals surface area contributed by atoms with Crippen LogP contribution in [0, 0.1) is 5.92 Å². The number of nitrogens with one attached hydrogen (secondary N) is 2. The third-order valence-electron chi connectivity index (χ3n) is 1.75. The Bertz CT molecular complexity index is 142. The van der Waals surface area contributed by atoms with Gasteiger partial charge in [-0.2, -0.15) is 11.8 Å². The minimum absolute atomic E-state index is 0.0711. The van der Waals surface area contributed by atoms with Gasteiger partial charge >= 0.3 is 0 Å². The molecule has 0 radical (unpaired) electrons. The SMILES string of the molecule is CCNCC(C)C(=O)NCCSC. The van der Waals surface area contributed by atoms with Crippen LogP contribution in [0.5, 0.6) is 0 Å². The molecule has 0 saturated carbocycles. The van der Waals surface area contributed by atoms with E-state index in [1.807, 2.05) is 20.1 Å². The number of carbonyl (C=O) groups is 1. The minimum Gasteiger partial charge on any atom is -0.355 e. The van der Waals surface area contributed by atoms with E-state index in [0.29, 0.717) is 0 Å². The average molecular weight is 204 g/mol. The van der Waals surface area contributed by atoms with Crippen molar-refractivity contribution in [3.05, 3.63) is 0 Å². The zero-order chi connectivity index (χ0) is 10.1. The number of hydrogen-bond donors (Lipinski definition) is 2. The summed E-state index contributed by atoms with van der Waals surface area (Å²) in [5.41, 5.74) is 0. The molecule has 0 saturated heterocycles. The fourth-order valence-corrected chi connectivity index (χ4v) is 1.21. The van der Waals surface area contributed by atoms with Gasteiger partial charge in [0.15, 0.2) is 0 Å². The van der Waals surface area contributed by atoms with Crippen LogP contribution in [0.3, 0.4) is 0 Å². The van der Waals surface area contributed by atoms with Crippen LogP contribution in [0.15, 0.2) is 0 Å². The molecule has 0 aromatic heterocycles. The van der Waals surface area contributed by atoms with Gasteiger partial charge in [-0.1, -0.05) is 13.8 Å². The van der Waals surface area contributed by atoms with E-state index in [2.05, 4.69) is 10.6 Å². The Labute approximate surface area is 85.0 Å². The number of amides is 1. The molecule has 0 aliphatic heterocycles. The molecule has 1 unspecified atom stereocenters. The molecule has 0 rings (SSSR count). The fraction of sp³-hybridized carbons (Fsp3) is 0.889. The molecule has 1 atom stereocenters. The van der Waals surface area contributed by atoms with Crippen molar-refractivity contribution in [3.63, 3.8) is 0 Å². The predicted octanol–water partition coefficient (Wildman–Crippen LogP) is 0.711. The fourth-order valence-electron chi connectivity index (χ4n) is 0.904. The Morgan fingerprint density at radius 2 is 2.23 bits per heavy atom. The van der Waals surface area contributed by atoms with E-state index in [0.717, 1.165) is 25.4 Å². The van der Waals surface area contributed by atoms with Gasteiger partial charge in [-0.05, 0) is 12.8 Å². The number of hydrogen-bond acceptors (Lipinski definition) is 3. The zero-order valence-corrected chi connectivity index (χ0v) is 9.54. The Kier molecular flexibility index (Phi) is 8.24. The molecule has 0 aliphatic carbocycles. The monoisotopic (exact) mass is 204 g/mol. The van der Waals surface area contributed by atoms with E-state index >= 15 is 0 Å². The largest absolute Gasteiger partial charge is 0.355 e. The van der Waals surface area contributed by atoms with Crippen molar-refractivity contribution in [1.29, 1.82) is 0 Å². The first-order valence-corrected chi connectivity index (χ1v) is 6.09. The molecule has 3 nitrogen and oxygen atoms in total. The Morgan fingerprint density at radius 3 is 2.77 bits per heavy atom. The number of carbonyl (C=O) groups excluding carboxylic acids is 1. The average Bonchev–Trinajstić information content (AvgIpc) is 2.14. The van der Waals surface area contributed by atoms with Gasteiger partial charge in [0.05, 0.1) is 0 Å². The van der Waals surface area contributed by atoms with Crippen LogP contribution in [-0.4, -0.2) is 37.6 Å². The number of thioether (sulfide) groups is 1. The van der Waals surface area contributed by atoms with Gasteiger partial charge in [-0.15, -0.1) is 0 Å². The normalized spacial score (nSPS) is 12.5. The first-order chi connectivity index (χ1) is 6.22. The molecule has 78 valence electrons. The summed E-state index contributed by atoms with van der Waals surface area (Å²) < 4.78 is 0. The first kappa shape index (κ1) is 12.8. The summed E-state index contributed by atoms with van der Waals surface area (Å²) in [5, 5.41) is 6.05. The Balaban J connectivity index is 3.45. The van der Waals surface area contributed by atoms with Crippen molar-refractivity contribution in [2.24, 2.45) is 5.92 Å². The summed E-state index contributed by atoms with van der Waals surface area (Å²) in [7, 11) is 0. The van der Waals surface area contributed by atoms with Crippen LogP contribution in [0.4, 0.5) is 0 Å². The van der Waals surface area contributed by atoms with E-state index in [9.17, 15) is 4.79 Å². The number of rotatable bonds is 7. The maximum Gasteiger partial charge on any atom is 0.224 e. The molecule has 0 aliphatic rings. The van der Waals surface area contributed by atoms with Crippen molar-refractivity contribution < 1.29 is 4.79 Å². The highest BCUT2D eigenvalue weighted by molar-refractivity contribution is 7.98. The summed E-state index contributed by atoms with van der Waals surface area (Å²) >= 11 is 1.74. The van der Waals surface area contributed by atoms with Crippen LogP contribution in [0.2, 0.25) is 0 Å². The highest BCUT2D eigenvalue weighted by Crippen LogP contribution is 1.93. The van der Waals surface area contributed by atoms with E-state index in [1.54, 1.807) is 11.8 Å². The highest BCUT2D eigenvalue weighted by atomic mass is 32.2. The van der Waals surface area contributed by atoms with Crippen LogP contribution < -0.4 is 10.6 Å². The molecule has 0 bridgehead atoms. The maximum absolute atomic E-state index is 11.4. The van der Waals surface area contributed by atoms with E-state index in [4.69, 9.17) is 0 Å². The lowest BCUT2D eigenvalue weighted by atomic mass is 10.1. The van der Waals surface area contributed by atoms with E-state index in [-0.39, 0.29) is 11.8 Å². The lowest BCUT2D eigenvalue weighted by Gasteiger charge is -2.11. The Morgan fingerprint density at radius 1 is 1.54 bits per heavy atom. The van der Waals surface area contributed by atoms with E-state index < -0.39 is 0 Å². The van der Waals surface area contributed by atoms with Crippen LogP contribution >= 0.6 is 11.8 Å². The summed E-state index contributed by atoms with van der Waals surface area (Å²) in [6, 6.07) is 0. The topological polar surface area (TPSA) is 41.1 Å². The van der Waals surface area contributed by atoms with Gasteiger partial charge in [-0.25, -0.2) is 0 Å². The summed E-state index contributed by atoms with van der Waals surface area (Å²) in [6.45, 7) is 6.44. The second kappa shape index (κ2) is 8.38.